The van der Waals surface area contributed by atoms with Gasteiger partial charge in [0.1, 0.15) is 11.6 Å². The molecule has 3 nitrogen and oxygen atoms in total. The number of carbonyl (C=O) groups is 1. The molecule has 5 heteroatoms. The van der Waals surface area contributed by atoms with Crippen molar-refractivity contribution >= 4 is 17.4 Å². The fraction of sp³-hybridized carbons (Fsp3) is 0.300. The lowest BCUT2D eigenvalue weighted by atomic mass is 10.1. The third-order valence-electron chi connectivity index (χ3n) is 1.88. The molecule has 1 aromatic carbocycles. The van der Waals surface area contributed by atoms with Gasteiger partial charge in [0.2, 0.25) is 0 Å². The summed E-state index contributed by atoms with van der Waals surface area (Å²) in [4.78, 5) is 11.4. The summed E-state index contributed by atoms with van der Waals surface area (Å²) in [6.07, 6.45) is 0. The third kappa shape index (κ3) is 2.67. The SMILES string of the molecule is CNCC(=O)c1cc(Cl)c(OC)cc1F. The Labute approximate surface area is 92.2 Å². The number of benzene rings is 1. The van der Waals surface area contributed by atoms with Crippen LogP contribution in [0.25, 0.3) is 0 Å². The van der Waals surface area contributed by atoms with E-state index in [1.807, 2.05) is 0 Å². The molecule has 0 spiro atoms. The van der Waals surface area contributed by atoms with E-state index < -0.39 is 5.82 Å². The highest BCUT2D eigenvalue weighted by atomic mass is 35.5. The number of rotatable bonds is 4. The highest BCUT2D eigenvalue weighted by Gasteiger charge is 2.14. The second kappa shape index (κ2) is 5.09. The van der Waals surface area contributed by atoms with Crippen LogP contribution in [-0.2, 0) is 0 Å². The minimum Gasteiger partial charge on any atom is -0.495 e. The molecule has 0 heterocycles. The number of hydrogen-bond donors (Lipinski definition) is 1. The predicted octanol–water partition coefficient (Wildman–Crippen LogP) is 1.89. The first-order valence-electron chi connectivity index (χ1n) is 4.31. The van der Waals surface area contributed by atoms with Gasteiger partial charge in [0.25, 0.3) is 0 Å². The molecule has 0 radical (unpaired) electrons. The molecule has 1 rings (SSSR count). The Bertz CT molecular complexity index is 382. The number of ketones is 1. The van der Waals surface area contributed by atoms with Gasteiger partial charge in [-0.2, -0.15) is 0 Å². The van der Waals surface area contributed by atoms with Crippen LogP contribution in [0.5, 0.6) is 5.75 Å². The minimum atomic E-state index is -0.628. The van der Waals surface area contributed by atoms with Crippen LogP contribution in [0.3, 0.4) is 0 Å². The monoisotopic (exact) mass is 231 g/mol. The Kier molecular flexibility index (Phi) is 4.05. The van der Waals surface area contributed by atoms with Crippen LogP contribution in [0.4, 0.5) is 4.39 Å². The van der Waals surface area contributed by atoms with Crippen molar-refractivity contribution in [1.82, 2.24) is 5.32 Å². The smallest absolute Gasteiger partial charge is 0.179 e. The van der Waals surface area contributed by atoms with Crippen molar-refractivity contribution in [3.8, 4) is 5.75 Å². The van der Waals surface area contributed by atoms with Gasteiger partial charge in [0.05, 0.1) is 24.2 Å². The Hall–Kier alpha value is -1.13. The molecular formula is C10H11ClFNO2. The van der Waals surface area contributed by atoms with E-state index in [2.05, 4.69) is 5.32 Å². The summed E-state index contributed by atoms with van der Waals surface area (Å²) in [6, 6.07) is 2.38. The van der Waals surface area contributed by atoms with Crippen molar-refractivity contribution in [2.75, 3.05) is 20.7 Å². The van der Waals surface area contributed by atoms with Crippen LogP contribution in [0, 0.1) is 5.82 Å². The second-order valence-electron chi connectivity index (χ2n) is 2.92. The molecule has 0 saturated carbocycles. The van der Waals surface area contributed by atoms with Crippen LogP contribution in [0.1, 0.15) is 10.4 Å². The second-order valence-corrected chi connectivity index (χ2v) is 3.33. The summed E-state index contributed by atoms with van der Waals surface area (Å²) in [6.45, 7) is 0.0690. The predicted molar refractivity (Wildman–Crippen MR) is 56.2 cm³/mol. The topological polar surface area (TPSA) is 38.3 Å². The maximum atomic E-state index is 13.4. The van der Waals surface area contributed by atoms with E-state index in [0.717, 1.165) is 6.07 Å². The Morgan fingerprint density at radius 1 is 1.60 bits per heavy atom. The van der Waals surface area contributed by atoms with Gasteiger partial charge in [-0.05, 0) is 13.1 Å². The molecule has 0 aliphatic rings. The standard InChI is InChI=1S/C10H11ClFNO2/c1-13-5-9(14)6-3-7(11)10(15-2)4-8(6)12/h3-4,13H,5H2,1-2H3. The van der Waals surface area contributed by atoms with Crippen molar-refractivity contribution in [3.63, 3.8) is 0 Å². The van der Waals surface area contributed by atoms with E-state index >= 15 is 0 Å². The summed E-state index contributed by atoms with van der Waals surface area (Å²) < 4.78 is 18.2. The van der Waals surface area contributed by atoms with Crippen molar-refractivity contribution in [3.05, 3.63) is 28.5 Å². The van der Waals surface area contributed by atoms with Crippen molar-refractivity contribution in [2.45, 2.75) is 0 Å². The van der Waals surface area contributed by atoms with Crippen LogP contribution < -0.4 is 10.1 Å². The first-order chi connectivity index (χ1) is 7.10. The Morgan fingerprint density at radius 2 is 2.27 bits per heavy atom. The lowest BCUT2D eigenvalue weighted by molar-refractivity contribution is 0.0989. The number of Topliss-reactive ketones (excluding diaryl/α,β-unsaturated/α-hetero) is 1. The maximum absolute atomic E-state index is 13.4. The molecule has 0 atom stereocenters. The zero-order valence-corrected chi connectivity index (χ0v) is 9.19. The zero-order chi connectivity index (χ0) is 11.4. The van der Waals surface area contributed by atoms with Crippen LogP contribution in [0.15, 0.2) is 12.1 Å². The Morgan fingerprint density at radius 3 is 2.80 bits per heavy atom. The number of methoxy groups -OCH3 is 1. The number of ether oxygens (including phenoxy) is 1. The third-order valence-corrected chi connectivity index (χ3v) is 2.17. The Balaban J connectivity index is 3.10. The van der Waals surface area contributed by atoms with E-state index in [1.54, 1.807) is 7.05 Å². The average molecular weight is 232 g/mol. The van der Waals surface area contributed by atoms with Crippen molar-refractivity contribution in [2.24, 2.45) is 0 Å². The van der Waals surface area contributed by atoms with Crippen LogP contribution >= 0.6 is 11.6 Å². The van der Waals surface area contributed by atoms with Gasteiger partial charge in [-0.3, -0.25) is 4.79 Å². The zero-order valence-electron chi connectivity index (χ0n) is 8.43. The summed E-state index contributed by atoms with van der Waals surface area (Å²) in [5, 5.41) is 2.87. The van der Waals surface area contributed by atoms with Gasteiger partial charge in [-0.15, -0.1) is 0 Å². The van der Waals surface area contributed by atoms with E-state index in [-0.39, 0.29) is 28.7 Å². The van der Waals surface area contributed by atoms with E-state index in [4.69, 9.17) is 16.3 Å². The molecule has 0 fully saturated rings. The highest BCUT2D eigenvalue weighted by Crippen LogP contribution is 2.27. The van der Waals surface area contributed by atoms with E-state index in [9.17, 15) is 9.18 Å². The summed E-state index contributed by atoms with van der Waals surface area (Å²) in [7, 11) is 3.00. The van der Waals surface area contributed by atoms with Gasteiger partial charge in [0.15, 0.2) is 5.78 Å². The van der Waals surface area contributed by atoms with Gasteiger partial charge in [-0.1, -0.05) is 11.6 Å². The molecule has 15 heavy (non-hydrogen) atoms. The molecule has 0 amide bonds. The molecule has 0 unspecified atom stereocenters. The van der Waals surface area contributed by atoms with Crippen molar-refractivity contribution < 1.29 is 13.9 Å². The fourth-order valence-corrected chi connectivity index (χ4v) is 1.40. The number of likely N-dealkylation sites (N-methyl/N-ethyl adjacent to an activating group) is 1. The summed E-state index contributed by atoms with van der Waals surface area (Å²) >= 11 is 5.78. The molecule has 0 saturated heterocycles. The highest BCUT2D eigenvalue weighted by molar-refractivity contribution is 6.32. The van der Waals surface area contributed by atoms with E-state index in [1.165, 1.54) is 13.2 Å². The number of hydrogen-bond acceptors (Lipinski definition) is 3. The van der Waals surface area contributed by atoms with Gasteiger partial charge in [0, 0.05) is 6.07 Å². The minimum absolute atomic E-state index is 0.0323. The van der Waals surface area contributed by atoms with E-state index in [0.29, 0.717) is 0 Å². The van der Waals surface area contributed by atoms with Gasteiger partial charge >= 0.3 is 0 Å². The van der Waals surface area contributed by atoms with Crippen LogP contribution in [0.2, 0.25) is 5.02 Å². The summed E-state index contributed by atoms with van der Waals surface area (Å²) in [5.41, 5.74) is -0.0323. The molecular weight excluding hydrogens is 221 g/mol. The molecule has 82 valence electrons. The van der Waals surface area contributed by atoms with Crippen LogP contribution in [-0.4, -0.2) is 26.5 Å². The van der Waals surface area contributed by atoms with Crippen molar-refractivity contribution in [1.29, 1.82) is 0 Å². The lowest BCUT2D eigenvalue weighted by Crippen LogP contribution is -2.19. The normalized spacial score (nSPS) is 10.1. The van der Waals surface area contributed by atoms with Gasteiger partial charge < -0.3 is 10.1 Å². The molecule has 1 N–H and O–H groups in total. The van der Waals surface area contributed by atoms with Gasteiger partial charge in [-0.25, -0.2) is 4.39 Å². The molecule has 0 bridgehead atoms. The summed E-state index contributed by atoms with van der Waals surface area (Å²) in [5.74, 6) is -0.758. The number of nitrogens with one attached hydrogen (secondary N) is 1. The molecule has 0 aliphatic carbocycles. The lowest BCUT2D eigenvalue weighted by Gasteiger charge is -2.06. The molecule has 1 aromatic rings. The first-order valence-corrected chi connectivity index (χ1v) is 4.68. The maximum Gasteiger partial charge on any atom is 0.179 e. The quantitative estimate of drug-likeness (QED) is 0.805. The first kappa shape index (κ1) is 11.9. The number of carbonyl (C=O) groups excluding carboxylic acids is 1. The molecule has 0 aliphatic heterocycles. The fourth-order valence-electron chi connectivity index (χ4n) is 1.15. The largest absolute Gasteiger partial charge is 0.495 e. The number of halogens is 2. The molecule has 0 aromatic heterocycles. The average Bonchev–Trinajstić information content (AvgIpc) is 2.21.